The summed E-state index contributed by atoms with van der Waals surface area (Å²) in [5.74, 6) is 0. The summed E-state index contributed by atoms with van der Waals surface area (Å²) in [6, 6.07) is 68.3. The van der Waals surface area contributed by atoms with Crippen LogP contribution in [0.4, 0.5) is 17.1 Å². The minimum absolute atomic E-state index is 0.0539. The summed E-state index contributed by atoms with van der Waals surface area (Å²) >= 11 is 0. The highest BCUT2D eigenvalue weighted by molar-refractivity contribution is 6.03. The first-order valence-electron chi connectivity index (χ1n) is 17.4. The van der Waals surface area contributed by atoms with Gasteiger partial charge < -0.3 is 4.90 Å². The summed E-state index contributed by atoms with van der Waals surface area (Å²) in [6.45, 7) is 4.73. The highest BCUT2D eigenvalue weighted by atomic mass is 15.1. The Labute approximate surface area is 294 Å². The summed E-state index contributed by atoms with van der Waals surface area (Å²) in [4.78, 5) is 2.35. The van der Waals surface area contributed by atoms with Crippen molar-refractivity contribution >= 4 is 27.8 Å². The molecule has 1 nitrogen and oxygen atoms in total. The van der Waals surface area contributed by atoms with Gasteiger partial charge in [0.15, 0.2) is 0 Å². The van der Waals surface area contributed by atoms with Gasteiger partial charge in [-0.2, -0.15) is 0 Å². The van der Waals surface area contributed by atoms with Crippen molar-refractivity contribution < 1.29 is 0 Å². The second-order valence-corrected chi connectivity index (χ2v) is 13.8. The van der Waals surface area contributed by atoms with Crippen LogP contribution in [0, 0.1) is 0 Å². The van der Waals surface area contributed by atoms with E-state index in [4.69, 9.17) is 0 Å². The van der Waals surface area contributed by atoms with E-state index < -0.39 is 0 Å². The van der Waals surface area contributed by atoms with Crippen LogP contribution >= 0.6 is 0 Å². The Morgan fingerprint density at radius 1 is 0.380 bits per heavy atom. The lowest BCUT2D eigenvalue weighted by Gasteiger charge is -2.28. The maximum Gasteiger partial charge on any atom is 0.0540 e. The Kier molecular flexibility index (Phi) is 7.21. The van der Waals surface area contributed by atoms with E-state index in [-0.39, 0.29) is 5.41 Å². The van der Waals surface area contributed by atoms with Crippen molar-refractivity contribution in [3.8, 4) is 44.5 Å². The zero-order chi connectivity index (χ0) is 33.7. The molecule has 0 heterocycles. The molecule has 0 radical (unpaired) electrons. The van der Waals surface area contributed by atoms with Gasteiger partial charge in [-0.1, -0.05) is 166 Å². The molecule has 0 unspecified atom stereocenters. The molecular formula is C49H37N. The zero-order valence-electron chi connectivity index (χ0n) is 28.3. The van der Waals surface area contributed by atoms with Crippen LogP contribution in [0.2, 0.25) is 0 Å². The van der Waals surface area contributed by atoms with E-state index in [1.54, 1.807) is 0 Å². The second-order valence-electron chi connectivity index (χ2n) is 13.8. The molecule has 0 saturated carbocycles. The van der Waals surface area contributed by atoms with Crippen LogP contribution < -0.4 is 4.90 Å². The molecule has 0 aromatic heterocycles. The normalized spacial score (nSPS) is 12.8. The van der Waals surface area contributed by atoms with Crippen LogP contribution in [-0.2, 0) is 5.41 Å². The van der Waals surface area contributed by atoms with Gasteiger partial charge in [0.25, 0.3) is 0 Å². The molecule has 238 valence electrons. The van der Waals surface area contributed by atoms with Crippen molar-refractivity contribution in [3.05, 3.63) is 199 Å². The molecule has 50 heavy (non-hydrogen) atoms. The first kappa shape index (κ1) is 29.9. The van der Waals surface area contributed by atoms with Crippen LogP contribution in [-0.4, -0.2) is 0 Å². The molecule has 0 spiro atoms. The minimum atomic E-state index is -0.0539. The Morgan fingerprint density at radius 3 is 1.68 bits per heavy atom. The standard InChI is InChI=1S/C49H37N/c1-49(2)45-32-28-38-15-9-10-19-43(38)48(45)44-31-27-39(33-46(44)49)36-23-21-34(22-24-36)35-25-29-41(30-26-35)50(40-16-7-4-8-17-40)47-20-12-11-18-42(47)37-13-5-3-6-14-37/h3-33H,1-2H3. The molecule has 1 aliphatic carbocycles. The molecule has 0 aliphatic heterocycles. The van der Waals surface area contributed by atoms with Gasteiger partial charge in [0.2, 0.25) is 0 Å². The van der Waals surface area contributed by atoms with Crippen LogP contribution in [0.25, 0.3) is 55.3 Å². The van der Waals surface area contributed by atoms with Crippen molar-refractivity contribution in [2.75, 3.05) is 4.90 Å². The van der Waals surface area contributed by atoms with E-state index in [2.05, 4.69) is 207 Å². The Morgan fingerprint density at radius 2 is 0.940 bits per heavy atom. The number of hydrogen-bond acceptors (Lipinski definition) is 1. The molecule has 0 fully saturated rings. The van der Waals surface area contributed by atoms with E-state index in [0.29, 0.717) is 0 Å². The van der Waals surface area contributed by atoms with Crippen LogP contribution in [0.1, 0.15) is 25.0 Å². The first-order valence-corrected chi connectivity index (χ1v) is 17.4. The largest absolute Gasteiger partial charge is 0.310 e. The Balaban J connectivity index is 1.03. The average molecular weight is 640 g/mol. The van der Waals surface area contributed by atoms with Gasteiger partial charge in [-0.3, -0.25) is 0 Å². The molecule has 0 N–H and O–H groups in total. The van der Waals surface area contributed by atoms with Crippen molar-refractivity contribution in [3.63, 3.8) is 0 Å². The Bertz CT molecular complexity index is 2470. The van der Waals surface area contributed by atoms with Crippen LogP contribution in [0.3, 0.4) is 0 Å². The fourth-order valence-corrected chi connectivity index (χ4v) is 7.88. The number of rotatable bonds is 6. The lowest BCUT2D eigenvalue weighted by molar-refractivity contribution is 0.661. The van der Waals surface area contributed by atoms with Crippen LogP contribution in [0.5, 0.6) is 0 Å². The van der Waals surface area contributed by atoms with E-state index in [1.807, 2.05) is 0 Å². The molecule has 1 heteroatoms. The van der Waals surface area contributed by atoms with Gasteiger partial charge >= 0.3 is 0 Å². The van der Waals surface area contributed by atoms with Gasteiger partial charge in [0.05, 0.1) is 5.69 Å². The molecule has 8 aromatic carbocycles. The summed E-state index contributed by atoms with van der Waals surface area (Å²) in [6.07, 6.45) is 0. The molecule has 0 saturated heterocycles. The number of nitrogens with zero attached hydrogens (tertiary/aromatic N) is 1. The predicted octanol–water partition coefficient (Wildman–Crippen LogP) is 13.6. The van der Waals surface area contributed by atoms with Crippen molar-refractivity contribution in [2.24, 2.45) is 0 Å². The quantitative estimate of drug-likeness (QED) is 0.175. The maximum atomic E-state index is 2.42. The summed E-state index contributed by atoms with van der Waals surface area (Å²) in [5, 5.41) is 2.64. The number of benzene rings is 8. The maximum absolute atomic E-state index is 2.42. The number of para-hydroxylation sites is 2. The molecule has 8 aromatic rings. The van der Waals surface area contributed by atoms with Crippen molar-refractivity contribution in [2.45, 2.75) is 19.3 Å². The SMILES string of the molecule is CC1(C)c2cc(-c3ccc(-c4ccc(N(c5ccccc5)c5ccccc5-c5ccccc5)cc4)cc3)ccc2-c2c1ccc1ccccc21. The van der Waals surface area contributed by atoms with Crippen LogP contribution in [0.15, 0.2) is 188 Å². The zero-order valence-corrected chi connectivity index (χ0v) is 28.3. The van der Waals surface area contributed by atoms with Crippen molar-refractivity contribution in [1.82, 2.24) is 0 Å². The summed E-state index contributed by atoms with van der Waals surface area (Å²) < 4.78 is 0. The topological polar surface area (TPSA) is 3.24 Å². The van der Waals surface area contributed by atoms with E-state index in [0.717, 1.165) is 17.1 Å². The molecule has 1 aliphatic rings. The van der Waals surface area contributed by atoms with Gasteiger partial charge in [-0.25, -0.2) is 0 Å². The number of anilines is 3. The lowest BCUT2D eigenvalue weighted by Crippen LogP contribution is -2.15. The number of hydrogen-bond donors (Lipinski definition) is 0. The Hall–Kier alpha value is -6.18. The van der Waals surface area contributed by atoms with Crippen molar-refractivity contribution in [1.29, 1.82) is 0 Å². The first-order chi connectivity index (χ1) is 24.6. The molecule has 0 atom stereocenters. The summed E-state index contributed by atoms with van der Waals surface area (Å²) in [7, 11) is 0. The molecular weight excluding hydrogens is 603 g/mol. The summed E-state index contributed by atoms with van der Waals surface area (Å²) in [5.41, 5.74) is 16.2. The smallest absolute Gasteiger partial charge is 0.0540 e. The fourth-order valence-electron chi connectivity index (χ4n) is 7.88. The highest BCUT2D eigenvalue weighted by Crippen LogP contribution is 2.52. The predicted molar refractivity (Wildman–Crippen MR) is 213 cm³/mol. The lowest BCUT2D eigenvalue weighted by atomic mass is 9.81. The van der Waals surface area contributed by atoms with E-state index in [9.17, 15) is 0 Å². The third-order valence-electron chi connectivity index (χ3n) is 10.5. The van der Waals surface area contributed by atoms with Gasteiger partial charge in [0, 0.05) is 22.4 Å². The molecule has 0 bridgehead atoms. The fraction of sp³-hybridized carbons (Fsp3) is 0.0612. The van der Waals surface area contributed by atoms with Gasteiger partial charge in [-0.05, 0) is 97.2 Å². The van der Waals surface area contributed by atoms with E-state index >= 15 is 0 Å². The highest BCUT2D eigenvalue weighted by Gasteiger charge is 2.36. The second kappa shape index (κ2) is 12.1. The molecule has 9 rings (SSSR count). The van der Waals surface area contributed by atoms with Gasteiger partial charge in [-0.15, -0.1) is 0 Å². The minimum Gasteiger partial charge on any atom is -0.310 e. The number of fused-ring (bicyclic) bond motifs is 5. The average Bonchev–Trinajstić information content (AvgIpc) is 3.42. The monoisotopic (exact) mass is 639 g/mol. The third-order valence-corrected chi connectivity index (χ3v) is 10.5. The van der Waals surface area contributed by atoms with Gasteiger partial charge in [0.1, 0.15) is 0 Å². The van der Waals surface area contributed by atoms with E-state index in [1.165, 1.54) is 66.4 Å². The third kappa shape index (κ3) is 5.02. The molecule has 0 amide bonds.